The highest BCUT2D eigenvalue weighted by Gasteiger charge is 2.63. The molecule has 1 aromatic heterocycles. The van der Waals surface area contributed by atoms with Gasteiger partial charge in [0.2, 0.25) is 0 Å². The number of ketones is 1. The van der Waals surface area contributed by atoms with Gasteiger partial charge in [0.1, 0.15) is 16.7 Å². The van der Waals surface area contributed by atoms with Gasteiger partial charge in [-0.2, -0.15) is 5.26 Å². The topological polar surface area (TPSA) is 74.0 Å². The van der Waals surface area contributed by atoms with E-state index in [-0.39, 0.29) is 40.5 Å². The fourth-order valence-corrected chi connectivity index (χ4v) is 10.3. The van der Waals surface area contributed by atoms with Gasteiger partial charge < -0.3 is 5.11 Å². The zero-order valence-electron chi connectivity index (χ0n) is 22.2. The van der Waals surface area contributed by atoms with E-state index in [1.807, 2.05) is 18.2 Å². The molecular formula is C32H38N2O2S. The number of aromatic nitrogens is 1. The lowest BCUT2D eigenvalue weighted by molar-refractivity contribution is -0.129. The van der Waals surface area contributed by atoms with Crippen LogP contribution in [0.15, 0.2) is 47.4 Å². The number of Topliss-reactive ketones (excluding diaryl/α,β-unsaturated/α-hetero) is 1. The average molecular weight is 515 g/mol. The molecule has 0 aliphatic heterocycles. The van der Waals surface area contributed by atoms with Crippen molar-refractivity contribution >= 4 is 17.1 Å². The number of rotatable bonds is 4. The normalized spacial score (nSPS) is 39.5. The maximum atomic E-state index is 13.3. The smallest absolute Gasteiger partial charge is 0.133 e. The summed E-state index contributed by atoms with van der Waals surface area (Å²) in [6, 6.07) is 12.8. The van der Waals surface area contributed by atoms with Crippen molar-refractivity contribution in [3.8, 4) is 17.3 Å². The van der Waals surface area contributed by atoms with Crippen LogP contribution in [0, 0.1) is 51.8 Å². The second-order valence-electron chi connectivity index (χ2n) is 12.7. The first kappa shape index (κ1) is 25.0. The number of allylic oxidation sites excluding steroid dienone is 1. The number of hydrogen-bond donors (Lipinski definition) is 1. The number of aliphatic hydroxyl groups is 1. The van der Waals surface area contributed by atoms with Gasteiger partial charge in [-0.15, -0.1) is 11.3 Å². The summed E-state index contributed by atoms with van der Waals surface area (Å²) < 4.78 is 0. The third-order valence-corrected chi connectivity index (χ3v) is 12.0. The van der Waals surface area contributed by atoms with Gasteiger partial charge in [-0.25, -0.2) is 4.98 Å². The van der Waals surface area contributed by atoms with Crippen LogP contribution in [0.4, 0.5) is 0 Å². The van der Waals surface area contributed by atoms with Crippen LogP contribution in [0.3, 0.4) is 0 Å². The van der Waals surface area contributed by atoms with Crippen LogP contribution in [0.5, 0.6) is 0 Å². The Morgan fingerprint density at radius 1 is 1.19 bits per heavy atom. The molecule has 0 bridgehead atoms. The average Bonchev–Trinajstić information content (AvgIpc) is 3.48. The highest BCUT2D eigenvalue weighted by molar-refractivity contribution is 7.10. The molecule has 0 spiro atoms. The number of carbonyl (C=O) groups is 1. The second-order valence-corrected chi connectivity index (χ2v) is 13.6. The second kappa shape index (κ2) is 9.17. The van der Waals surface area contributed by atoms with E-state index in [4.69, 9.17) is 4.98 Å². The third kappa shape index (κ3) is 3.86. The number of benzene rings is 1. The minimum Gasteiger partial charge on any atom is -0.393 e. The summed E-state index contributed by atoms with van der Waals surface area (Å²) in [5.74, 6) is 1.39. The van der Waals surface area contributed by atoms with Crippen LogP contribution < -0.4 is 0 Å². The van der Waals surface area contributed by atoms with Crippen molar-refractivity contribution in [1.29, 1.82) is 5.26 Å². The van der Waals surface area contributed by atoms with Gasteiger partial charge in [-0.05, 0) is 86.4 Å². The number of fused-ring (bicyclic) bond motifs is 5. The molecule has 4 aliphatic carbocycles. The molecular weight excluding hydrogens is 476 g/mol. The van der Waals surface area contributed by atoms with Crippen molar-refractivity contribution in [1.82, 2.24) is 4.98 Å². The Balaban J connectivity index is 1.34. The van der Waals surface area contributed by atoms with Crippen LogP contribution in [0.1, 0.15) is 76.6 Å². The summed E-state index contributed by atoms with van der Waals surface area (Å²) in [5, 5.41) is 23.7. The van der Waals surface area contributed by atoms with Crippen LogP contribution >= 0.6 is 11.3 Å². The molecule has 1 heterocycles. The molecule has 0 amide bonds. The number of nitriles is 1. The van der Waals surface area contributed by atoms with Crippen molar-refractivity contribution in [3.63, 3.8) is 0 Å². The maximum absolute atomic E-state index is 13.3. The van der Waals surface area contributed by atoms with Gasteiger partial charge in [0, 0.05) is 16.9 Å². The highest BCUT2D eigenvalue weighted by atomic mass is 32.1. The molecule has 0 saturated heterocycles. The minimum absolute atomic E-state index is 0.0115. The largest absolute Gasteiger partial charge is 0.393 e. The van der Waals surface area contributed by atoms with Crippen molar-refractivity contribution in [2.45, 2.75) is 77.7 Å². The van der Waals surface area contributed by atoms with Gasteiger partial charge in [0.15, 0.2) is 0 Å². The molecule has 0 radical (unpaired) electrons. The zero-order valence-corrected chi connectivity index (χ0v) is 23.0. The van der Waals surface area contributed by atoms with Gasteiger partial charge in [-0.1, -0.05) is 55.8 Å². The van der Waals surface area contributed by atoms with Crippen molar-refractivity contribution in [2.24, 2.45) is 40.4 Å². The lowest BCUT2D eigenvalue weighted by Gasteiger charge is -2.57. The van der Waals surface area contributed by atoms with E-state index in [2.05, 4.69) is 43.5 Å². The van der Waals surface area contributed by atoms with E-state index in [0.717, 1.165) is 61.2 Å². The lowest BCUT2D eigenvalue weighted by Crippen LogP contribution is -2.51. The van der Waals surface area contributed by atoms with Crippen molar-refractivity contribution < 1.29 is 9.90 Å². The molecule has 3 saturated carbocycles. The van der Waals surface area contributed by atoms with E-state index in [9.17, 15) is 15.2 Å². The Hall–Kier alpha value is -2.29. The first-order valence-corrected chi connectivity index (χ1v) is 14.9. The van der Waals surface area contributed by atoms with E-state index in [0.29, 0.717) is 17.8 Å². The van der Waals surface area contributed by atoms with Crippen molar-refractivity contribution in [3.05, 3.63) is 52.4 Å². The monoisotopic (exact) mass is 514 g/mol. The lowest BCUT2D eigenvalue weighted by atomic mass is 9.47. The maximum Gasteiger partial charge on any atom is 0.133 e. The molecule has 1 aromatic carbocycles. The number of hydrogen-bond acceptors (Lipinski definition) is 5. The Morgan fingerprint density at radius 2 is 1.97 bits per heavy atom. The SMILES string of the molecule is CC(=O)[C@H]1[C@H]([C@@H](C#N)c2nc(-c3ccccc3)cs2)C[C@H]2[C@@H]3CC=C4C[C@@H](O)CC[C@]4(C)[C@H]3CC[C@@]21C. The molecule has 3 fully saturated rings. The number of aliphatic hydroxyl groups excluding tert-OH is 1. The van der Waals surface area contributed by atoms with E-state index in [1.54, 1.807) is 18.3 Å². The predicted octanol–water partition coefficient (Wildman–Crippen LogP) is 7.17. The highest BCUT2D eigenvalue weighted by Crippen LogP contribution is 2.68. The van der Waals surface area contributed by atoms with Crippen LogP contribution in [-0.4, -0.2) is 22.0 Å². The van der Waals surface area contributed by atoms with Crippen LogP contribution in [0.2, 0.25) is 0 Å². The fraction of sp³-hybridized carbons (Fsp3) is 0.594. The molecule has 9 atom stereocenters. The van der Waals surface area contributed by atoms with Crippen LogP contribution in [0.25, 0.3) is 11.3 Å². The standard InChI is InChI=1S/C32H38N2O2S/c1-19(35)29-24(25(17-33)30-34-28(18-37-30)20-7-5-4-6-8-20)16-27-23-10-9-21-15-22(36)11-13-31(21,2)26(23)12-14-32(27,29)3/h4-9,18,22-27,29,36H,10-16H2,1-3H3/t22-,23+,24-,25+,26-,27-,29-,31-,32-/m0/s1. The first-order valence-electron chi connectivity index (χ1n) is 14.0. The third-order valence-electron chi connectivity index (χ3n) is 11.0. The van der Waals surface area contributed by atoms with Crippen molar-refractivity contribution in [2.75, 3.05) is 0 Å². The summed E-state index contributed by atoms with van der Waals surface area (Å²) in [6.45, 7) is 6.56. The summed E-state index contributed by atoms with van der Waals surface area (Å²) >= 11 is 1.57. The number of nitrogens with zero attached hydrogens (tertiary/aromatic N) is 2. The molecule has 2 aromatic rings. The Labute approximate surface area is 224 Å². The van der Waals surface area contributed by atoms with Gasteiger partial charge in [0.25, 0.3) is 0 Å². The van der Waals surface area contributed by atoms with E-state index >= 15 is 0 Å². The van der Waals surface area contributed by atoms with Gasteiger partial charge >= 0.3 is 0 Å². The summed E-state index contributed by atoms with van der Waals surface area (Å²) in [4.78, 5) is 18.3. The predicted molar refractivity (Wildman–Crippen MR) is 147 cm³/mol. The van der Waals surface area contributed by atoms with Gasteiger partial charge in [0.05, 0.1) is 17.9 Å². The fourth-order valence-electron chi connectivity index (χ4n) is 9.34. The molecule has 194 valence electrons. The van der Waals surface area contributed by atoms with E-state index < -0.39 is 0 Å². The quantitative estimate of drug-likeness (QED) is 0.439. The molecule has 1 N–H and O–H groups in total. The Morgan fingerprint density at radius 3 is 2.70 bits per heavy atom. The molecule has 0 unspecified atom stereocenters. The van der Waals surface area contributed by atoms with E-state index in [1.165, 1.54) is 5.57 Å². The minimum atomic E-state index is -0.354. The molecule has 37 heavy (non-hydrogen) atoms. The summed E-state index contributed by atoms with van der Waals surface area (Å²) in [5.41, 5.74) is 3.55. The Bertz CT molecular complexity index is 1260. The number of carbonyl (C=O) groups excluding carboxylic acids is 1. The molecule has 6 rings (SSSR count). The first-order chi connectivity index (χ1) is 17.8. The summed E-state index contributed by atoms with van der Waals surface area (Å²) in [7, 11) is 0. The summed E-state index contributed by atoms with van der Waals surface area (Å²) in [6.07, 6.45) is 9.20. The zero-order chi connectivity index (χ0) is 25.9. The number of thiazole rings is 1. The Kier molecular flexibility index (Phi) is 6.20. The van der Waals surface area contributed by atoms with Crippen LogP contribution in [-0.2, 0) is 4.79 Å². The molecule has 4 aliphatic rings. The van der Waals surface area contributed by atoms with Gasteiger partial charge in [-0.3, -0.25) is 4.79 Å². The molecule has 4 nitrogen and oxygen atoms in total. The molecule has 5 heteroatoms.